The summed E-state index contributed by atoms with van der Waals surface area (Å²) in [6, 6.07) is 10.9. The topological polar surface area (TPSA) is 75.6 Å². The number of H-pyrrole nitrogens is 1. The van der Waals surface area contributed by atoms with Crippen molar-refractivity contribution in [3.8, 4) is 0 Å². The number of rotatable bonds is 5. The molecule has 3 rings (SSSR count). The largest absolute Gasteiger partial charge is 0.343 e. The zero-order valence-electron chi connectivity index (χ0n) is 13.7. The Morgan fingerprint density at radius 3 is 2.64 bits per heavy atom. The maximum absolute atomic E-state index is 12.5. The van der Waals surface area contributed by atoms with E-state index in [1.165, 1.54) is 0 Å². The minimum absolute atomic E-state index is 0.0888. The number of nitrogens with one attached hydrogen (secondary N) is 3. The maximum Gasteiger partial charge on any atom is 0.287 e. The number of benzene rings is 1. The third kappa shape index (κ3) is 4.36. The standard InChI is InChI=1S/C18H19BrN4O2/c19-14-7-1-2-8-15(14)22-16(24)12-21-18(25)13-6-5-9-20-17(13)23-10-3-4-11-23/h1-2,5-9H,3-4,10-12H2,(H,21,25)(H,22,24)/p+1. The molecule has 1 saturated heterocycles. The number of pyridine rings is 1. The van der Waals surface area contributed by atoms with Gasteiger partial charge in [-0.05, 0) is 53.0 Å². The van der Waals surface area contributed by atoms with Crippen molar-refractivity contribution in [2.24, 2.45) is 0 Å². The van der Waals surface area contributed by atoms with Crippen molar-refractivity contribution in [3.05, 3.63) is 52.6 Å². The first-order valence-corrected chi connectivity index (χ1v) is 9.02. The lowest BCUT2D eigenvalue weighted by atomic mass is 10.2. The minimum Gasteiger partial charge on any atom is -0.343 e. The number of nitrogens with zero attached hydrogens (tertiary/aromatic N) is 1. The molecule has 3 N–H and O–H groups in total. The monoisotopic (exact) mass is 403 g/mol. The smallest absolute Gasteiger partial charge is 0.287 e. The maximum atomic E-state index is 12.5. The molecule has 25 heavy (non-hydrogen) atoms. The second-order valence-corrected chi connectivity index (χ2v) is 6.69. The fourth-order valence-electron chi connectivity index (χ4n) is 2.83. The lowest BCUT2D eigenvalue weighted by Gasteiger charge is -2.13. The van der Waals surface area contributed by atoms with Gasteiger partial charge in [-0.3, -0.25) is 14.5 Å². The summed E-state index contributed by atoms with van der Waals surface area (Å²) >= 11 is 3.38. The molecule has 2 amide bonds. The fourth-order valence-corrected chi connectivity index (χ4v) is 3.21. The molecule has 1 aliphatic heterocycles. The molecule has 0 radical (unpaired) electrons. The Bertz CT molecular complexity index is 775. The number of hydrogen-bond acceptors (Lipinski definition) is 3. The van der Waals surface area contributed by atoms with Crippen molar-refractivity contribution >= 4 is 39.2 Å². The highest BCUT2D eigenvalue weighted by molar-refractivity contribution is 9.10. The number of carbonyl (C=O) groups excluding carboxylic acids is 2. The van der Waals surface area contributed by atoms with E-state index in [2.05, 4.69) is 36.4 Å². The number of anilines is 2. The predicted octanol–water partition coefficient (Wildman–Crippen LogP) is 2.23. The number of aromatic amines is 1. The Hall–Kier alpha value is -2.41. The SMILES string of the molecule is O=C(CNC(=O)c1ccc[nH+]c1N1CCCC1)Nc1ccccc1Br. The molecule has 2 aromatic rings. The Morgan fingerprint density at radius 2 is 1.88 bits per heavy atom. The van der Waals surface area contributed by atoms with E-state index in [-0.39, 0.29) is 18.4 Å². The molecule has 6 nitrogen and oxygen atoms in total. The third-order valence-electron chi connectivity index (χ3n) is 4.06. The highest BCUT2D eigenvalue weighted by Gasteiger charge is 2.26. The first kappa shape index (κ1) is 17.4. The second kappa shape index (κ2) is 8.11. The van der Waals surface area contributed by atoms with E-state index in [1.54, 1.807) is 18.2 Å². The number of para-hydroxylation sites is 1. The summed E-state index contributed by atoms with van der Waals surface area (Å²) in [5.74, 6) is 0.271. The summed E-state index contributed by atoms with van der Waals surface area (Å²) in [5.41, 5.74) is 1.23. The second-order valence-electron chi connectivity index (χ2n) is 5.84. The zero-order valence-corrected chi connectivity index (χ0v) is 15.3. The third-order valence-corrected chi connectivity index (χ3v) is 4.75. The van der Waals surface area contributed by atoms with E-state index in [1.807, 2.05) is 24.4 Å². The van der Waals surface area contributed by atoms with Gasteiger partial charge in [0.1, 0.15) is 5.56 Å². The molecule has 1 fully saturated rings. The van der Waals surface area contributed by atoms with Gasteiger partial charge in [0.2, 0.25) is 5.91 Å². The van der Waals surface area contributed by atoms with Crippen molar-refractivity contribution in [2.45, 2.75) is 12.8 Å². The molecule has 0 atom stereocenters. The summed E-state index contributed by atoms with van der Waals surface area (Å²) in [7, 11) is 0. The van der Waals surface area contributed by atoms with Crippen LogP contribution in [0.25, 0.3) is 0 Å². The summed E-state index contributed by atoms with van der Waals surface area (Å²) in [6.45, 7) is 1.78. The van der Waals surface area contributed by atoms with Crippen molar-refractivity contribution < 1.29 is 14.6 Å². The summed E-state index contributed by atoms with van der Waals surface area (Å²) in [4.78, 5) is 29.9. The van der Waals surface area contributed by atoms with Crippen molar-refractivity contribution in [3.63, 3.8) is 0 Å². The minimum atomic E-state index is -0.275. The van der Waals surface area contributed by atoms with Gasteiger partial charge in [0.05, 0.1) is 31.5 Å². The fraction of sp³-hybridized carbons (Fsp3) is 0.278. The van der Waals surface area contributed by atoms with Crippen LogP contribution in [-0.2, 0) is 4.79 Å². The summed E-state index contributed by atoms with van der Waals surface area (Å²) in [6.07, 6.45) is 4.06. The average Bonchev–Trinajstić information content (AvgIpc) is 3.16. The van der Waals surface area contributed by atoms with E-state index in [9.17, 15) is 9.59 Å². The molecule has 0 saturated carbocycles. The van der Waals surface area contributed by atoms with Crippen LogP contribution in [0.1, 0.15) is 23.2 Å². The number of carbonyl (C=O) groups is 2. The van der Waals surface area contributed by atoms with Gasteiger partial charge in [-0.25, -0.2) is 4.98 Å². The van der Waals surface area contributed by atoms with Crippen LogP contribution in [0.15, 0.2) is 47.1 Å². The molecule has 0 bridgehead atoms. The van der Waals surface area contributed by atoms with Gasteiger partial charge in [0.15, 0.2) is 0 Å². The molecular weight excluding hydrogens is 384 g/mol. The number of halogens is 1. The van der Waals surface area contributed by atoms with E-state index < -0.39 is 0 Å². The number of hydrogen-bond donors (Lipinski definition) is 2. The molecule has 1 aliphatic rings. The van der Waals surface area contributed by atoms with Gasteiger partial charge in [0, 0.05) is 4.47 Å². The van der Waals surface area contributed by atoms with Gasteiger partial charge in [-0.1, -0.05) is 12.1 Å². The van der Waals surface area contributed by atoms with Crippen molar-refractivity contribution in [2.75, 3.05) is 29.9 Å². The van der Waals surface area contributed by atoms with E-state index >= 15 is 0 Å². The van der Waals surface area contributed by atoms with Gasteiger partial charge in [-0.2, -0.15) is 0 Å². The Kier molecular flexibility index (Phi) is 5.65. The summed E-state index contributed by atoms with van der Waals surface area (Å²) < 4.78 is 0.795. The van der Waals surface area contributed by atoms with Crippen molar-refractivity contribution in [1.82, 2.24) is 5.32 Å². The highest BCUT2D eigenvalue weighted by Crippen LogP contribution is 2.21. The number of amides is 2. The van der Waals surface area contributed by atoms with Gasteiger partial charge in [0.25, 0.3) is 11.7 Å². The van der Waals surface area contributed by atoms with Gasteiger partial charge in [-0.15, -0.1) is 0 Å². The molecule has 7 heteroatoms. The Balaban J connectivity index is 1.61. The van der Waals surface area contributed by atoms with Crippen molar-refractivity contribution in [1.29, 1.82) is 0 Å². The molecule has 0 spiro atoms. The Morgan fingerprint density at radius 1 is 1.12 bits per heavy atom. The molecule has 130 valence electrons. The van der Waals surface area contributed by atoms with Crippen LogP contribution < -0.4 is 20.5 Å². The van der Waals surface area contributed by atoms with Crippen LogP contribution >= 0.6 is 15.9 Å². The van der Waals surface area contributed by atoms with Crippen LogP contribution in [0.2, 0.25) is 0 Å². The normalized spacial score (nSPS) is 13.6. The van der Waals surface area contributed by atoms with Crippen LogP contribution in [0.3, 0.4) is 0 Å². The molecule has 0 aliphatic carbocycles. The molecular formula is C18H20BrN4O2+. The quantitative estimate of drug-likeness (QED) is 0.803. The molecule has 1 aromatic heterocycles. The lowest BCUT2D eigenvalue weighted by molar-refractivity contribution is -0.364. The first-order chi connectivity index (χ1) is 12.1. The van der Waals surface area contributed by atoms with Crippen LogP contribution in [-0.4, -0.2) is 31.4 Å². The highest BCUT2D eigenvalue weighted by atomic mass is 79.9. The molecule has 1 aromatic carbocycles. The molecule has 0 unspecified atom stereocenters. The van der Waals surface area contributed by atoms with Crippen LogP contribution in [0.5, 0.6) is 0 Å². The van der Waals surface area contributed by atoms with Gasteiger partial charge < -0.3 is 10.6 Å². The van der Waals surface area contributed by atoms with E-state index in [0.717, 1.165) is 36.2 Å². The zero-order chi connectivity index (χ0) is 17.6. The predicted molar refractivity (Wildman–Crippen MR) is 99.5 cm³/mol. The number of aromatic nitrogens is 1. The lowest BCUT2D eigenvalue weighted by Crippen LogP contribution is -2.36. The first-order valence-electron chi connectivity index (χ1n) is 8.23. The van der Waals surface area contributed by atoms with E-state index in [4.69, 9.17) is 0 Å². The van der Waals surface area contributed by atoms with Crippen LogP contribution in [0.4, 0.5) is 11.5 Å². The van der Waals surface area contributed by atoms with Crippen LogP contribution in [0, 0.1) is 0 Å². The Labute approximate surface area is 154 Å². The average molecular weight is 404 g/mol. The molecule has 2 heterocycles. The summed E-state index contributed by atoms with van der Waals surface area (Å²) in [5, 5.41) is 5.46. The van der Waals surface area contributed by atoms with Gasteiger partial charge >= 0.3 is 0 Å². The van der Waals surface area contributed by atoms with E-state index in [0.29, 0.717) is 11.3 Å².